The lowest BCUT2D eigenvalue weighted by Crippen LogP contribution is -2.27. The van der Waals surface area contributed by atoms with Gasteiger partial charge in [0.15, 0.2) is 6.10 Å². The summed E-state index contributed by atoms with van der Waals surface area (Å²) >= 11 is 0. The Morgan fingerprint density at radius 1 is 1.00 bits per heavy atom. The van der Waals surface area contributed by atoms with Crippen LogP contribution < -0.4 is 5.32 Å². The van der Waals surface area contributed by atoms with Crippen molar-refractivity contribution in [3.8, 4) is 0 Å². The molecule has 5 nitrogen and oxygen atoms in total. The average Bonchev–Trinajstić information content (AvgIpc) is 2.59. The number of carbonyl (C=O) groups is 3. The fourth-order valence-electron chi connectivity index (χ4n) is 2.26. The molecular weight excluding hydrogens is 306 g/mol. The third kappa shape index (κ3) is 4.29. The quantitative estimate of drug-likeness (QED) is 0.652. The normalized spacial score (nSPS) is 11.4. The van der Waals surface area contributed by atoms with Gasteiger partial charge in [0.25, 0.3) is 0 Å². The Kier molecular flexibility index (Phi) is 5.84. The molecule has 0 spiro atoms. The van der Waals surface area contributed by atoms with Gasteiger partial charge in [-0.05, 0) is 18.6 Å². The van der Waals surface area contributed by atoms with Crippen LogP contribution in [-0.4, -0.2) is 23.8 Å². The Morgan fingerprint density at radius 2 is 1.62 bits per heavy atom. The van der Waals surface area contributed by atoms with E-state index in [2.05, 4.69) is 5.32 Å². The molecule has 2 aromatic rings. The molecule has 2 aromatic carbocycles. The maximum Gasteiger partial charge on any atom is 0.340 e. The van der Waals surface area contributed by atoms with Crippen LogP contribution in [0.15, 0.2) is 54.6 Å². The monoisotopic (exact) mass is 325 g/mol. The lowest BCUT2D eigenvalue weighted by Gasteiger charge is -2.16. The molecule has 5 heteroatoms. The van der Waals surface area contributed by atoms with Crippen LogP contribution in [0, 0.1) is 0 Å². The van der Waals surface area contributed by atoms with Crippen LogP contribution in [-0.2, 0) is 9.53 Å². The van der Waals surface area contributed by atoms with Crippen molar-refractivity contribution >= 4 is 23.3 Å². The van der Waals surface area contributed by atoms with E-state index in [0.29, 0.717) is 17.7 Å². The first-order chi connectivity index (χ1) is 11.5. The summed E-state index contributed by atoms with van der Waals surface area (Å²) < 4.78 is 5.38. The van der Waals surface area contributed by atoms with Crippen molar-refractivity contribution in [2.24, 2.45) is 0 Å². The molecule has 0 radical (unpaired) electrons. The fraction of sp³-hybridized carbons (Fsp3) is 0.211. The first-order valence-corrected chi connectivity index (χ1v) is 7.69. The summed E-state index contributed by atoms with van der Waals surface area (Å²) in [7, 11) is 0. The Morgan fingerprint density at radius 3 is 2.25 bits per heavy atom. The molecular formula is C19H19NO4. The van der Waals surface area contributed by atoms with Gasteiger partial charge in [-0.2, -0.15) is 0 Å². The molecule has 0 aliphatic carbocycles. The molecule has 0 bridgehead atoms. The zero-order valence-corrected chi connectivity index (χ0v) is 13.6. The van der Waals surface area contributed by atoms with Crippen molar-refractivity contribution < 1.29 is 19.1 Å². The molecule has 0 aliphatic rings. The highest BCUT2D eigenvalue weighted by Gasteiger charge is 2.24. The average molecular weight is 325 g/mol. The van der Waals surface area contributed by atoms with Gasteiger partial charge in [0, 0.05) is 12.5 Å². The second-order valence-corrected chi connectivity index (χ2v) is 5.26. The minimum absolute atomic E-state index is 0.215. The topological polar surface area (TPSA) is 72.5 Å². The number of amides is 1. The number of para-hydroxylation sites is 1. The van der Waals surface area contributed by atoms with Crippen LogP contribution >= 0.6 is 0 Å². The van der Waals surface area contributed by atoms with Gasteiger partial charge < -0.3 is 10.1 Å². The summed E-state index contributed by atoms with van der Waals surface area (Å²) in [4.78, 5) is 36.1. The van der Waals surface area contributed by atoms with Crippen molar-refractivity contribution in [1.29, 1.82) is 0 Å². The minimum Gasteiger partial charge on any atom is -0.450 e. The maximum atomic E-state index is 12.5. The molecule has 0 saturated carbocycles. The van der Waals surface area contributed by atoms with Crippen molar-refractivity contribution in [1.82, 2.24) is 0 Å². The molecule has 2 rings (SSSR count). The predicted molar refractivity (Wildman–Crippen MR) is 91.0 cm³/mol. The molecule has 24 heavy (non-hydrogen) atoms. The number of carbonyl (C=O) groups excluding carboxylic acids is 3. The van der Waals surface area contributed by atoms with Crippen LogP contribution in [0.3, 0.4) is 0 Å². The summed E-state index contributed by atoms with van der Waals surface area (Å²) in [6, 6.07) is 15.2. The van der Waals surface area contributed by atoms with E-state index in [-0.39, 0.29) is 17.3 Å². The first-order valence-electron chi connectivity index (χ1n) is 7.69. The van der Waals surface area contributed by atoms with Crippen LogP contribution in [0.4, 0.5) is 5.69 Å². The highest BCUT2D eigenvalue weighted by molar-refractivity contribution is 6.04. The molecule has 0 heterocycles. The summed E-state index contributed by atoms with van der Waals surface area (Å²) in [6.45, 7) is 3.13. The number of ketones is 1. The van der Waals surface area contributed by atoms with Gasteiger partial charge >= 0.3 is 5.97 Å². The Bertz CT molecular complexity index is 740. The number of rotatable bonds is 6. The third-order valence-electron chi connectivity index (χ3n) is 3.43. The summed E-state index contributed by atoms with van der Waals surface area (Å²) in [5.41, 5.74) is 1.07. The number of nitrogens with one attached hydrogen (secondary N) is 1. The fourth-order valence-corrected chi connectivity index (χ4v) is 2.26. The summed E-state index contributed by atoms with van der Waals surface area (Å²) in [5.74, 6) is -1.18. The van der Waals surface area contributed by atoms with E-state index in [4.69, 9.17) is 4.74 Å². The molecule has 0 saturated heterocycles. The lowest BCUT2D eigenvalue weighted by molar-refractivity contribution is -0.114. The van der Waals surface area contributed by atoms with E-state index in [1.54, 1.807) is 55.5 Å². The highest BCUT2D eigenvalue weighted by atomic mass is 16.5. The van der Waals surface area contributed by atoms with Crippen LogP contribution in [0.25, 0.3) is 0 Å². The number of ether oxygens (including phenoxy) is 1. The minimum atomic E-state index is -0.870. The summed E-state index contributed by atoms with van der Waals surface area (Å²) in [6.07, 6.45) is -0.507. The van der Waals surface area contributed by atoms with Gasteiger partial charge in [0.1, 0.15) is 0 Å². The van der Waals surface area contributed by atoms with E-state index in [1.807, 2.05) is 6.07 Å². The van der Waals surface area contributed by atoms with Crippen molar-refractivity contribution in [3.63, 3.8) is 0 Å². The van der Waals surface area contributed by atoms with Crippen LogP contribution in [0.1, 0.15) is 41.0 Å². The Hall–Kier alpha value is -2.95. The number of anilines is 1. The molecule has 0 aromatic heterocycles. The van der Waals surface area contributed by atoms with Crippen LogP contribution in [0.5, 0.6) is 0 Å². The molecule has 1 unspecified atom stereocenters. The smallest absolute Gasteiger partial charge is 0.340 e. The Labute approximate surface area is 140 Å². The molecule has 1 N–H and O–H groups in total. The molecule has 0 aliphatic heterocycles. The van der Waals surface area contributed by atoms with Crippen LogP contribution in [0.2, 0.25) is 0 Å². The third-order valence-corrected chi connectivity index (χ3v) is 3.43. The molecule has 124 valence electrons. The second kappa shape index (κ2) is 8.06. The van der Waals surface area contributed by atoms with Gasteiger partial charge in [-0.1, -0.05) is 49.4 Å². The van der Waals surface area contributed by atoms with E-state index >= 15 is 0 Å². The van der Waals surface area contributed by atoms with E-state index in [1.165, 1.54) is 6.92 Å². The zero-order valence-electron chi connectivity index (χ0n) is 13.6. The largest absolute Gasteiger partial charge is 0.450 e. The molecule has 1 atom stereocenters. The van der Waals surface area contributed by atoms with Gasteiger partial charge in [0.05, 0.1) is 11.3 Å². The summed E-state index contributed by atoms with van der Waals surface area (Å²) in [5, 5.41) is 2.58. The van der Waals surface area contributed by atoms with Gasteiger partial charge in [0.2, 0.25) is 11.7 Å². The van der Waals surface area contributed by atoms with Gasteiger partial charge in [-0.25, -0.2) is 4.79 Å². The van der Waals surface area contributed by atoms with Gasteiger partial charge in [-0.15, -0.1) is 0 Å². The SMILES string of the molecule is CCC(OC(=O)c1ccccc1NC(C)=O)C(=O)c1ccccc1. The van der Waals surface area contributed by atoms with Crippen molar-refractivity contribution in [2.45, 2.75) is 26.4 Å². The second-order valence-electron chi connectivity index (χ2n) is 5.26. The highest BCUT2D eigenvalue weighted by Crippen LogP contribution is 2.18. The molecule has 0 fully saturated rings. The number of hydrogen-bond acceptors (Lipinski definition) is 4. The molecule has 1 amide bonds. The lowest BCUT2D eigenvalue weighted by atomic mass is 10.0. The number of Topliss-reactive ketones (excluding diaryl/α,β-unsaturated/α-hetero) is 1. The van der Waals surface area contributed by atoms with E-state index < -0.39 is 12.1 Å². The predicted octanol–water partition coefficient (Wildman–Crippen LogP) is 3.46. The maximum absolute atomic E-state index is 12.5. The van der Waals surface area contributed by atoms with Crippen molar-refractivity contribution in [2.75, 3.05) is 5.32 Å². The zero-order chi connectivity index (χ0) is 17.5. The number of esters is 1. The standard InChI is InChI=1S/C19H19NO4/c1-3-17(18(22)14-9-5-4-6-10-14)24-19(23)15-11-7-8-12-16(15)20-13(2)21/h4-12,17H,3H2,1-2H3,(H,20,21). The van der Waals surface area contributed by atoms with E-state index in [9.17, 15) is 14.4 Å². The Balaban J connectivity index is 2.18. The number of benzene rings is 2. The van der Waals surface area contributed by atoms with Gasteiger partial charge in [-0.3, -0.25) is 9.59 Å². The first kappa shape index (κ1) is 17.4. The number of hydrogen-bond donors (Lipinski definition) is 1. The van der Waals surface area contributed by atoms with Crippen molar-refractivity contribution in [3.05, 3.63) is 65.7 Å². The van der Waals surface area contributed by atoms with E-state index in [0.717, 1.165) is 0 Å².